The molecule has 3 rings (SSSR count). The minimum absolute atomic E-state index is 0.289. The van der Waals surface area contributed by atoms with Crippen molar-refractivity contribution < 1.29 is 14.0 Å². The van der Waals surface area contributed by atoms with Crippen LogP contribution in [0, 0.1) is 13.8 Å². The molecule has 2 aromatic rings. The summed E-state index contributed by atoms with van der Waals surface area (Å²) in [5, 5.41) is 7.34. The standard InChI is InChI=1S/C14H15BrN2O3/c1-8-11(9(2)20-17-8)6-16-5-10-3-13-14(4-12(10)15)19-7-18-13/h3-4,16H,5-7H2,1-2H3. The molecule has 106 valence electrons. The van der Waals surface area contributed by atoms with E-state index in [2.05, 4.69) is 26.4 Å². The summed E-state index contributed by atoms with van der Waals surface area (Å²) in [6.45, 7) is 5.61. The van der Waals surface area contributed by atoms with Gasteiger partial charge in [0.1, 0.15) is 5.76 Å². The highest BCUT2D eigenvalue weighted by Crippen LogP contribution is 2.36. The normalized spacial score (nSPS) is 12.9. The molecule has 20 heavy (non-hydrogen) atoms. The molecule has 0 atom stereocenters. The summed E-state index contributed by atoms with van der Waals surface area (Å²) in [4.78, 5) is 0. The third-order valence-corrected chi connectivity index (χ3v) is 4.08. The molecule has 0 saturated heterocycles. The van der Waals surface area contributed by atoms with Gasteiger partial charge >= 0.3 is 0 Å². The van der Waals surface area contributed by atoms with E-state index in [-0.39, 0.29) is 6.79 Å². The van der Waals surface area contributed by atoms with Crippen molar-refractivity contribution in [2.24, 2.45) is 0 Å². The third-order valence-electron chi connectivity index (χ3n) is 3.34. The smallest absolute Gasteiger partial charge is 0.231 e. The highest BCUT2D eigenvalue weighted by atomic mass is 79.9. The van der Waals surface area contributed by atoms with Crippen molar-refractivity contribution in [1.82, 2.24) is 10.5 Å². The van der Waals surface area contributed by atoms with E-state index in [0.29, 0.717) is 0 Å². The van der Waals surface area contributed by atoms with Gasteiger partial charge < -0.3 is 19.3 Å². The first-order chi connectivity index (χ1) is 9.65. The molecule has 6 heteroatoms. The van der Waals surface area contributed by atoms with E-state index in [1.54, 1.807) is 0 Å². The van der Waals surface area contributed by atoms with Crippen molar-refractivity contribution in [1.29, 1.82) is 0 Å². The van der Waals surface area contributed by atoms with Gasteiger partial charge in [-0.3, -0.25) is 0 Å². The zero-order chi connectivity index (χ0) is 14.1. The Morgan fingerprint density at radius 3 is 2.65 bits per heavy atom. The fraction of sp³-hybridized carbons (Fsp3) is 0.357. The van der Waals surface area contributed by atoms with E-state index in [1.165, 1.54) is 0 Å². The summed E-state index contributed by atoms with van der Waals surface area (Å²) < 4.78 is 16.9. The van der Waals surface area contributed by atoms with Crippen LogP contribution < -0.4 is 14.8 Å². The molecule has 0 spiro atoms. The first-order valence-corrected chi connectivity index (χ1v) is 7.15. The van der Waals surface area contributed by atoms with Crippen LogP contribution in [0.3, 0.4) is 0 Å². The number of aryl methyl sites for hydroxylation is 2. The van der Waals surface area contributed by atoms with E-state index < -0.39 is 0 Å². The second kappa shape index (κ2) is 5.46. The fourth-order valence-electron chi connectivity index (χ4n) is 2.17. The number of benzene rings is 1. The summed E-state index contributed by atoms with van der Waals surface area (Å²) >= 11 is 3.55. The lowest BCUT2D eigenvalue weighted by molar-refractivity contribution is 0.174. The van der Waals surface area contributed by atoms with E-state index in [4.69, 9.17) is 14.0 Å². The molecular weight excluding hydrogens is 324 g/mol. The largest absolute Gasteiger partial charge is 0.454 e. The molecule has 1 aliphatic rings. The average Bonchev–Trinajstić information content (AvgIpc) is 2.99. The Kier molecular flexibility index (Phi) is 3.67. The molecular formula is C14H15BrN2O3. The summed E-state index contributed by atoms with van der Waals surface area (Å²) in [5.41, 5.74) is 3.17. The predicted octanol–water partition coefficient (Wildman–Crippen LogP) is 3.07. The minimum Gasteiger partial charge on any atom is -0.454 e. The third kappa shape index (κ3) is 2.53. The molecule has 1 aromatic heterocycles. The Bertz CT molecular complexity index is 620. The van der Waals surface area contributed by atoms with Gasteiger partial charge in [-0.15, -0.1) is 0 Å². The first kappa shape index (κ1) is 13.5. The Hall–Kier alpha value is -1.53. The molecule has 0 aliphatic carbocycles. The number of hydrogen-bond acceptors (Lipinski definition) is 5. The Morgan fingerprint density at radius 2 is 1.95 bits per heavy atom. The summed E-state index contributed by atoms with van der Waals surface area (Å²) in [6.07, 6.45) is 0. The summed E-state index contributed by atoms with van der Waals surface area (Å²) in [6, 6.07) is 3.93. The van der Waals surface area contributed by atoms with Crippen LogP contribution in [-0.2, 0) is 13.1 Å². The molecule has 0 fully saturated rings. The van der Waals surface area contributed by atoms with E-state index in [0.717, 1.165) is 51.6 Å². The number of ether oxygens (including phenoxy) is 2. The maximum absolute atomic E-state index is 5.39. The molecule has 2 heterocycles. The number of halogens is 1. The Balaban J connectivity index is 1.67. The van der Waals surface area contributed by atoms with E-state index in [1.807, 2.05) is 26.0 Å². The number of nitrogens with one attached hydrogen (secondary N) is 1. The van der Waals surface area contributed by atoms with Gasteiger partial charge in [-0.05, 0) is 31.5 Å². The van der Waals surface area contributed by atoms with Crippen LogP contribution in [0.2, 0.25) is 0 Å². The van der Waals surface area contributed by atoms with Gasteiger partial charge in [0, 0.05) is 23.1 Å². The van der Waals surface area contributed by atoms with Crippen molar-refractivity contribution in [3.05, 3.63) is 39.2 Å². The zero-order valence-electron chi connectivity index (χ0n) is 11.3. The molecule has 0 radical (unpaired) electrons. The Morgan fingerprint density at radius 1 is 1.20 bits per heavy atom. The van der Waals surface area contributed by atoms with Crippen LogP contribution in [0.5, 0.6) is 11.5 Å². The highest BCUT2D eigenvalue weighted by Gasteiger charge is 2.16. The highest BCUT2D eigenvalue weighted by molar-refractivity contribution is 9.10. The molecule has 0 bridgehead atoms. The van der Waals surface area contributed by atoms with Gasteiger partial charge in [0.2, 0.25) is 6.79 Å². The second-order valence-electron chi connectivity index (χ2n) is 4.70. The molecule has 1 N–H and O–H groups in total. The molecule has 0 saturated carbocycles. The van der Waals surface area contributed by atoms with Crippen molar-refractivity contribution in [3.63, 3.8) is 0 Å². The van der Waals surface area contributed by atoms with Crippen molar-refractivity contribution >= 4 is 15.9 Å². The van der Waals surface area contributed by atoms with Crippen molar-refractivity contribution in [2.75, 3.05) is 6.79 Å². The summed E-state index contributed by atoms with van der Waals surface area (Å²) in [5.74, 6) is 2.44. The van der Waals surface area contributed by atoms with Crippen LogP contribution in [0.4, 0.5) is 0 Å². The van der Waals surface area contributed by atoms with Crippen LogP contribution in [0.25, 0.3) is 0 Å². The predicted molar refractivity (Wildman–Crippen MR) is 76.8 cm³/mol. The first-order valence-electron chi connectivity index (χ1n) is 6.35. The lowest BCUT2D eigenvalue weighted by atomic mass is 10.1. The molecule has 1 aliphatic heterocycles. The summed E-state index contributed by atoms with van der Waals surface area (Å²) in [7, 11) is 0. The number of rotatable bonds is 4. The van der Waals surface area contributed by atoms with Gasteiger partial charge in [-0.25, -0.2) is 0 Å². The fourth-order valence-corrected chi connectivity index (χ4v) is 2.63. The van der Waals surface area contributed by atoms with Gasteiger partial charge in [0.15, 0.2) is 11.5 Å². The monoisotopic (exact) mass is 338 g/mol. The topological polar surface area (TPSA) is 56.5 Å². The Labute approximate surface area is 125 Å². The molecule has 0 unspecified atom stereocenters. The van der Waals surface area contributed by atoms with Gasteiger partial charge in [0.05, 0.1) is 5.69 Å². The quantitative estimate of drug-likeness (QED) is 0.928. The van der Waals surface area contributed by atoms with Crippen molar-refractivity contribution in [3.8, 4) is 11.5 Å². The number of fused-ring (bicyclic) bond motifs is 1. The van der Waals surface area contributed by atoms with E-state index in [9.17, 15) is 0 Å². The van der Waals surface area contributed by atoms with Crippen LogP contribution in [-0.4, -0.2) is 11.9 Å². The molecule has 0 amide bonds. The number of nitrogens with zero attached hydrogens (tertiary/aromatic N) is 1. The van der Waals surface area contributed by atoms with Crippen LogP contribution >= 0.6 is 15.9 Å². The second-order valence-corrected chi connectivity index (χ2v) is 5.56. The van der Waals surface area contributed by atoms with Crippen LogP contribution in [0.1, 0.15) is 22.6 Å². The van der Waals surface area contributed by atoms with Gasteiger partial charge in [-0.1, -0.05) is 21.1 Å². The van der Waals surface area contributed by atoms with E-state index >= 15 is 0 Å². The van der Waals surface area contributed by atoms with Gasteiger partial charge in [0.25, 0.3) is 0 Å². The number of aromatic nitrogens is 1. The molecule has 1 aromatic carbocycles. The maximum Gasteiger partial charge on any atom is 0.231 e. The maximum atomic E-state index is 5.39. The van der Waals surface area contributed by atoms with Crippen LogP contribution in [0.15, 0.2) is 21.1 Å². The molecule has 5 nitrogen and oxygen atoms in total. The van der Waals surface area contributed by atoms with Crippen molar-refractivity contribution in [2.45, 2.75) is 26.9 Å². The average molecular weight is 339 g/mol. The van der Waals surface area contributed by atoms with Gasteiger partial charge in [-0.2, -0.15) is 0 Å². The zero-order valence-corrected chi connectivity index (χ0v) is 12.9. The minimum atomic E-state index is 0.289. The SMILES string of the molecule is Cc1noc(C)c1CNCc1cc2c(cc1Br)OCO2. The lowest BCUT2D eigenvalue weighted by Gasteiger charge is -2.08. The lowest BCUT2D eigenvalue weighted by Crippen LogP contribution is -2.14. The number of hydrogen-bond donors (Lipinski definition) is 1.